The highest BCUT2D eigenvalue weighted by molar-refractivity contribution is 5.90. The molecule has 1 heterocycles. The summed E-state index contributed by atoms with van der Waals surface area (Å²) in [5.41, 5.74) is -0.666. The summed E-state index contributed by atoms with van der Waals surface area (Å²) in [6.45, 7) is 15.8. The summed E-state index contributed by atoms with van der Waals surface area (Å²) >= 11 is 0. The Morgan fingerprint density at radius 2 is 1.78 bits per heavy atom. The Balaban J connectivity index is 2.32. The largest absolute Gasteiger partial charge is 0.444 e. The van der Waals surface area contributed by atoms with E-state index in [0.717, 1.165) is 50.8 Å². The third-order valence-corrected chi connectivity index (χ3v) is 6.41. The van der Waals surface area contributed by atoms with Gasteiger partial charge in [-0.15, -0.1) is 0 Å². The van der Waals surface area contributed by atoms with Gasteiger partial charge in [-0.3, -0.25) is 15.0 Å². The predicted molar refractivity (Wildman–Crippen MR) is 148 cm³/mol. The van der Waals surface area contributed by atoms with Gasteiger partial charge in [0.15, 0.2) is 5.66 Å². The Hall–Kier alpha value is -2.34. The van der Waals surface area contributed by atoms with Crippen molar-refractivity contribution in [2.75, 3.05) is 13.1 Å². The van der Waals surface area contributed by atoms with Gasteiger partial charge in [-0.05, 0) is 76.7 Å². The molecule has 2 atom stereocenters. The number of carbonyl (C=O) groups is 2. The maximum Gasteiger partial charge on any atom is 0.409 e. The SMILES string of the molecule is CC(C)CCCN1CCCC[C@@]1(NC(=O)OC(C)(C)C)C(=O)N[C@H](/C=C/c1ccccc1)CC(C)C. The molecule has 6 heteroatoms. The maximum atomic E-state index is 14.1. The topological polar surface area (TPSA) is 70.7 Å². The van der Waals surface area contributed by atoms with Crippen LogP contribution in [0, 0.1) is 11.8 Å². The molecule has 2 rings (SSSR count). The van der Waals surface area contributed by atoms with Gasteiger partial charge < -0.3 is 10.1 Å². The average molecular weight is 500 g/mol. The van der Waals surface area contributed by atoms with Crippen molar-refractivity contribution in [2.45, 2.75) is 104 Å². The van der Waals surface area contributed by atoms with Crippen molar-refractivity contribution >= 4 is 18.1 Å². The molecular formula is C30H49N3O3. The third kappa shape index (κ3) is 9.96. The monoisotopic (exact) mass is 499 g/mol. The summed E-state index contributed by atoms with van der Waals surface area (Å²) in [5.74, 6) is 0.843. The molecule has 0 aliphatic carbocycles. The third-order valence-electron chi connectivity index (χ3n) is 6.41. The zero-order valence-electron chi connectivity index (χ0n) is 23.6. The van der Waals surface area contributed by atoms with Crippen molar-refractivity contribution in [3.05, 3.63) is 42.0 Å². The summed E-state index contributed by atoms with van der Waals surface area (Å²) in [6.07, 6.45) is 8.90. The standard InChI is InChI=1S/C30H49N3O3/c1-23(2)14-13-21-33-20-12-11-19-30(33,32-28(35)36-29(5,6)7)27(34)31-26(22-24(3)4)18-17-25-15-9-8-10-16-25/h8-10,15-18,23-24,26H,11-14,19-22H2,1-7H3,(H,31,34)(H,32,35)/b18-17+/t26-,30+/m1/s1. The first-order valence-electron chi connectivity index (χ1n) is 13.7. The second kappa shape index (κ2) is 13.8. The minimum Gasteiger partial charge on any atom is -0.444 e. The van der Waals surface area contributed by atoms with Crippen LogP contribution < -0.4 is 10.6 Å². The zero-order chi connectivity index (χ0) is 26.8. The molecule has 1 fully saturated rings. The average Bonchev–Trinajstić information content (AvgIpc) is 2.77. The summed E-state index contributed by atoms with van der Waals surface area (Å²) < 4.78 is 5.61. The van der Waals surface area contributed by atoms with Gasteiger partial charge in [0.25, 0.3) is 5.91 Å². The van der Waals surface area contributed by atoms with E-state index in [9.17, 15) is 9.59 Å². The van der Waals surface area contributed by atoms with Crippen LogP contribution in [-0.4, -0.2) is 47.3 Å². The number of benzene rings is 1. The first-order chi connectivity index (χ1) is 16.9. The minimum absolute atomic E-state index is 0.144. The molecule has 1 aliphatic heterocycles. The van der Waals surface area contributed by atoms with E-state index in [1.165, 1.54) is 0 Å². The number of amides is 2. The van der Waals surface area contributed by atoms with E-state index in [4.69, 9.17) is 4.74 Å². The molecule has 0 radical (unpaired) electrons. The van der Waals surface area contributed by atoms with Crippen LogP contribution in [0.5, 0.6) is 0 Å². The molecule has 2 amide bonds. The van der Waals surface area contributed by atoms with E-state index >= 15 is 0 Å². The van der Waals surface area contributed by atoms with E-state index in [-0.39, 0.29) is 11.9 Å². The number of hydrogen-bond acceptors (Lipinski definition) is 4. The van der Waals surface area contributed by atoms with E-state index in [2.05, 4.69) is 55.4 Å². The first-order valence-corrected chi connectivity index (χ1v) is 13.7. The fraction of sp³-hybridized carbons (Fsp3) is 0.667. The molecule has 0 spiro atoms. The molecule has 0 bridgehead atoms. The number of likely N-dealkylation sites (tertiary alicyclic amines) is 1. The molecule has 36 heavy (non-hydrogen) atoms. The second-order valence-electron chi connectivity index (χ2n) is 11.9. The van der Waals surface area contributed by atoms with Gasteiger partial charge in [-0.2, -0.15) is 0 Å². The van der Waals surface area contributed by atoms with Crippen LogP contribution in [0.15, 0.2) is 36.4 Å². The molecule has 1 aliphatic rings. The fourth-order valence-electron chi connectivity index (χ4n) is 4.73. The molecule has 0 unspecified atom stereocenters. The maximum absolute atomic E-state index is 14.1. The fourth-order valence-corrected chi connectivity index (χ4v) is 4.73. The van der Waals surface area contributed by atoms with Crippen molar-refractivity contribution < 1.29 is 14.3 Å². The molecular weight excluding hydrogens is 450 g/mol. The lowest BCUT2D eigenvalue weighted by molar-refractivity contribution is -0.139. The summed E-state index contributed by atoms with van der Waals surface area (Å²) in [4.78, 5) is 29.2. The molecule has 0 saturated carbocycles. The number of hydrogen-bond donors (Lipinski definition) is 2. The Kier molecular flexibility index (Phi) is 11.5. The van der Waals surface area contributed by atoms with Gasteiger partial charge in [0.05, 0.1) is 0 Å². The molecule has 1 aromatic rings. The molecule has 1 aromatic carbocycles. The normalized spacial score (nSPS) is 20.0. The van der Waals surface area contributed by atoms with Crippen LogP contribution in [-0.2, 0) is 9.53 Å². The van der Waals surface area contributed by atoms with E-state index < -0.39 is 17.4 Å². The predicted octanol–water partition coefficient (Wildman–Crippen LogP) is 6.37. The highest BCUT2D eigenvalue weighted by Gasteiger charge is 2.47. The molecule has 1 saturated heterocycles. The molecule has 0 aromatic heterocycles. The van der Waals surface area contributed by atoms with Crippen LogP contribution in [0.2, 0.25) is 0 Å². The quantitative estimate of drug-likeness (QED) is 0.371. The zero-order valence-corrected chi connectivity index (χ0v) is 23.6. The molecule has 6 nitrogen and oxygen atoms in total. The van der Waals surface area contributed by atoms with Crippen molar-refractivity contribution in [3.63, 3.8) is 0 Å². The van der Waals surface area contributed by atoms with Crippen molar-refractivity contribution in [2.24, 2.45) is 11.8 Å². The van der Waals surface area contributed by atoms with E-state index in [1.807, 2.05) is 51.1 Å². The van der Waals surface area contributed by atoms with Gasteiger partial charge in [-0.1, -0.05) is 70.2 Å². The van der Waals surface area contributed by atoms with Crippen LogP contribution in [0.25, 0.3) is 6.08 Å². The van der Waals surface area contributed by atoms with Gasteiger partial charge in [0.2, 0.25) is 0 Å². The Morgan fingerprint density at radius 1 is 1.08 bits per heavy atom. The van der Waals surface area contributed by atoms with Crippen LogP contribution in [0.4, 0.5) is 4.79 Å². The smallest absolute Gasteiger partial charge is 0.409 e. The number of carbonyl (C=O) groups excluding carboxylic acids is 2. The van der Waals surface area contributed by atoms with Gasteiger partial charge in [0, 0.05) is 19.1 Å². The molecule has 2 N–H and O–H groups in total. The Morgan fingerprint density at radius 3 is 2.39 bits per heavy atom. The lowest BCUT2D eigenvalue weighted by Gasteiger charge is -2.46. The second-order valence-corrected chi connectivity index (χ2v) is 11.9. The van der Waals surface area contributed by atoms with Crippen LogP contribution >= 0.6 is 0 Å². The number of nitrogens with one attached hydrogen (secondary N) is 2. The molecule has 202 valence electrons. The Bertz CT molecular complexity index is 845. The number of ether oxygens (including phenoxy) is 1. The highest BCUT2D eigenvalue weighted by atomic mass is 16.6. The van der Waals surface area contributed by atoms with Crippen molar-refractivity contribution in [3.8, 4) is 0 Å². The van der Waals surface area contributed by atoms with Crippen LogP contribution in [0.1, 0.15) is 92.6 Å². The van der Waals surface area contributed by atoms with Crippen molar-refractivity contribution in [1.29, 1.82) is 0 Å². The van der Waals surface area contributed by atoms with E-state index in [0.29, 0.717) is 18.3 Å². The first kappa shape index (κ1) is 29.9. The van der Waals surface area contributed by atoms with Gasteiger partial charge in [-0.25, -0.2) is 4.79 Å². The van der Waals surface area contributed by atoms with Crippen LogP contribution in [0.3, 0.4) is 0 Å². The highest BCUT2D eigenvalue weighted by Crippen LogP contribution is 2.28. The van der Waals surface area contributed by atoms with Gasteiger partial charge >= 0.3 is 6.09 Å². The number of piperidine rings is 1. The summed E-state index contributed by atoms with van der Waals surface area (Å²) in [7, 11) is 0. The Labute approximate surface area is 219 Å². The van der Waals surface area contributed by atoms with Crippen molar-refractivity contribution in [1.82, 2.24) is 15.5 Å². The number of alkyl carbamates (subject to hydrolysis) is 1. The lowest BCUT2D eigenvalue weighted by Crippen LogP contribution is -2.71. The van der Waals surface area contributed by atoms with E-state index in [1.54, 1.807) is 0 Å². The number of rotatable bonds is 11. The van der Waals surface area contributed by atoms with Gasteiger partial charge in [0.1, 0.15) is 5.60 Å². The number of nitrogens with zero attached hydrogens (tertiary/aromatic N) is 1. The lowest BCUT2D eigenvalue weighted by atomic mass is 9.92. The summed E-state index contributed by atoms with van der Waals surface area (Å²) in [5, 5.41) is 6.33. The summed E-state index contributed by atoms with van der Waals surface area (Å²) in [6, 6.07) is 9.96. The minimum atomic E-state index is -1.12.